The van der Waals surface area contributed by atoms with Gasteiger partial charge >= 0.3 is 0 Å². The fourth-order valence-electron chi connectivity index (χ4n) is 2.59. The van der Waals surface area contributed by atoms with Crippen molar-refractivity contribution in [3.8, 4) is 5.75 Å². The zero-order chi connectivity index (χ0) is 18.5. The standard InChI is InChI=1S/C21H19IN2O2/c1-14(2)26-20-12-9-15-5-3-4-6-18(15)19(20)13-23-24-21(25)16-7-10-17(22)11-8-16/h3-14H,1-2H3,(H,24,25)/b23-13-. The fraction of sp³-hybridized carbons (Fsp3) is 0.143. The quantitative estimate of drug-likeness (QED) is 0.333. The number of benzene rings is 3. The molecule has 0 heterocycles. The number of rotatable bonds is 5. The average molecular weight is 458 g/mol. The Kier molecular flexibility index (Phi) is 5.88. The van der Waals surface area contributed by atoms with E-state index in [4.69, 9.17) is 4.74 Å². The summed E-state index contributed by atoms with van der Waals surface area (Å²) in [7, 11) is 0. The summed E-state index contributed by atoms with van der Waals surface area (Å²) < 4.78 is 6.98. The normalized spacial score (nSPS) is 11.2. The highest BCUT2D eigenvalue weighted by Crippen LogP contribution is 2.27. The second kappa shape index (κ2) is 8.31. The first-order valence-corrected chi connectivity index (χ1v) is 9.40. The molecule has 0 radical (unpaired) electrons. The lowest BCUT2D eigenvalue weighted by Crippen LogP contribution is -2.17. The van der Waals surface area contributed by atoms with Gasteiger partial charge in [-0.05, 0) is 77.5 Å². The first-order valence-electron chi connectivity index (χ1n) is 8.32. The maximum atomic E-state index is 12.2. The third kappa shape index (κ3) is 4.40. The average Bonchev–Trinajstić information content (AvgIpc) is 2.63. The number of nitrogens with one attached hydrogen (secondary N) is 1. The molecule has 0 aliphatic rings. The smallest absolute Gasteiger partial charge is 0.271 e. The Morgan fingerprint density at radius 3 is 2.54 bits per heavy atom. The highest BCUT2D eigenvalue weighted by Gasteiger charge is 2.09. The van der Waals surface area contributed by atoms with Gasteiger partial charge in [-0.1, -0.05) is 30.3 Å². The van der Waals surface area contributed by atoms with E-state index in [0.717, 1.165) is 25.7 Å². The van der Waals surface area contributed by atoms with Crippen molar-refractivity contribution in [1.29, 1.82) is 0 Å². The van der Waals surface area contributed by atoms with Crippen molar-refractivity contribution in [1.82, 2.24) is 5.43 Å². The van der Waals surface area contributed by atoms with Crippen molar-refractivity contribution in [3.63, 3.8) is 0 Å². The summed E-state index contributed by atoms with van der Waals surface area (Å²) in [5, 5.41) is 6.27. The van der Waals surface area contributed by atoms with Gasteiger partial charge in [0.1, 0.15) is 5.75 Å². The van der Waals surface area contributed by atoms with E-state index in [-0.39, 0.29) is 12.0 Å². The summed E-state index contributed by atoms with van der Waals surface area (Å²) in [5.74, 6) is 0.496. The maximum absolute atomic E-state index is 12.2. The van der Waals surface area contributed by atoms with Crippen molar-refractivity contribution in [3.05, 3.63) is 75.4 Å². The van der Waals surface area contributed by atoms with Gasteiger partial charge in [-0.2, -0.15) is 5.10 Å². The minimum absolute atomic E-state index is 0.0460. The van der Waals surface area contributed by atoms with Gasteiger partial charge in [-0.3, -0.25) is 4.79 Å². The number of nitrogens with zero attached hydrogens (tertiary/aromatic N) is 1. The number of hydrazone groups is 1. The third-order valence-corrected chi connectivity index (χ3v) is 4.48. The Labute approximate surface area is 166 Å². The molecule has 3 aromatic rings. The lowest BCUT2D eigenvalue weighted by atomic mass is 10.0. The van der Waals surface area contributed by atoms with E-state index < -0.39 is 0 Å². The lowest BCUT2D eigenvalue weighted by molar-refractivity contribution is 0.0955. The highest BCUT2D eigenvalue weighted by molar-refractivity contribution is 14.1. The van der Waals surface area contributed by atoms with Crippen LogP contribution in [0.3, 0.4) is 0 Å². The predicted molar refractivity (Wildman–Crippen MR) is 114 cm³/mol. The van der Waals surface area contributed by atoms with E-state index >= 15 is 0 Å². The van der Waals surface area contributed by atoms with Crippen LogP contribution in [-0.2, 0) is 0 Å². The minimum atomic E-state index is -0.246. The predicted octanol–water partition coefficient (Wildman–Crippen LogP) is 5.00. The molecule has 26 heavy (non-hydrogen) atoms. The Morgan fingerprint density at radius 1 is 1.08 bits per heavy atom. The fourth-order valence-corrected chi connectivity index (χ4v) is 2.95. The van der Waals surface area contributed by atoms with E-state index in [9.17, 15) is 4.79 Å². The van der Waals surface area contributed by atoms with Crippen LogP contribution < -0.4 is 10.2 Å². The number of carbonyl (C=O) groups is 1. The molecule has 0 saturated heterocycles. The molecule has 0 aliphatic carbocycles. The number of ether oxygens (including phenoxy) is 1. The summed E-state index contributed by atoms with van der Waals surface area (Å²) in [6.07, 6.45) is 1.69. The number of fused-ring (bicyclic) bond motifs is 1. The highest BCUT2D eigenvalue weighted by atomic mass is 127. The summed E-state index contributed by atoms with van der Waals surface area (Å²) in [6.45, 7) is 3.96. The van der Waals surface area contributed by atoms with Gasteiger partial charge in [0.2, 0.25) is 0 Å². The molecule has 0 unspecified atom stereocenters. The van der Waals surface area contributed by atoms with Crippen molar-refractivity contribution in [2.75, 3.05) is 0 Å². The van der Waals surface area contributed by atoms with Crippen LogP contribution in [0.4, 0.5) is 0 Å². The van der Waals surface area contributed by atoms with Gasteiger partial charge in [-0.25, -0.2) is 5.43 Å². The Morgan fingerprint density at radius 2 is 1.81 bits per heavy atom. The van der Waals surface area contributed by atoms with Gasteiger partial charge in [0, 0.05) is 14.7 Å². The third-order valence-electron chi connectivity index (χ3n) is 3.76. The molecule has 1 amide bonds. The van der Waals surface area contributed by atoms with Gasteiger partial charge in [0.05, 0.1) is 12.3 Å². The molecule has 0 saturated carbocycles. The van der Waals surface area contributed by atoms with Crippen LogP contribution in [0, 0.1) is 3.57 Å². The Hall–Kier alpha value is -2.41. The molecule has 0 spiro atoms. The molecule has 0 aromatic heterocycles. The van der Waals surface area contributed by atoms with E-state index in [0.29, 0.717) is 5.56 Å². The monoisotopic (exact) mass is 458 g/mol. The van der Waals surface area contributed by atoms with Gasteiger partial charge in [-0.15, -0.1) is 0 Å². The molecular weight excluding hydrogens is 439 g/mol. The first-order chi connectivity index (χ1) is 12.5. The van der Waals surface area contributed by atoms with Crippen LogP contribution in [0.15, 0.2) is 65.8 Å². The zero-order valence-electron chi connectivity index (χ0n) is 14.6. The van der Waals surface area contributed by atoms with E-state index in [1.165, 1.54) is 0 Å². The first kappa shape index (κ1) is 18.4. The number of hydrogen-bond acceptors (Lipinski definition) is 3. The molecule has 3 rings (SSSR count). The maximum Gasteiger partial charge on any atom is 0.271 e. The second-order valence-corrected chi connectivity index (χ2v) is 7.32. The molecule has 0 fully saturated rings. The van der Waals surface area contributed by atoms with Crippen LogP contribution in [-0.4, -0.2) is 18.2 Å². The molecule has 5 heteroatoms. The van der Waals surface area contributed by atoms with Crippen molar-refractivity contribution < 1.29 is 9.53 Å². The van der Waals surface area contributed by atoms with Gasteiger partial charge < -0.3 is 4.74 Å². The SMILES string of the molecule is CC(C)Oc1ccc2ccccc2c1/C=N\NC(=O)c1ccc(I)cc1. The molecule has 0 aliphatic heterocycles. The zero-order valence-corrected chi connectivity index (χ0v) is 16.7. The van der Waals surface area contributed by atoms with Crippen LogP contribution in [0.5, 0.6) is 5.75 Å². The van der Waals surface area contributed by atoms with Gasteiger partial charge in [0.25, 0.3) is 5.91 Å². The Balaban J connectivity index is 1.87. The number of carbonyl (C=O) groups excluding carboxylic acids is 1. The molecule has 132 valence electrons. The molecule has 3 aromatic carbocycles. The summed E-state index contributed by atoms with van der Waals surface area (Å²) in [5.41, 5.74) is 4.00. The van der Waals surface area contributed by atoms with E-state index in [2.05, 4.69) is 33.1 Å². The van der Waals surface area contributed by atoms with E-state index in [1.54, 1.807) is 18.3 Å². The number of amides is 1. The van der Waals surface area contributed by atoms with Crippen LogP contribution >= 0.6 is 22.6 Å². The molecule has 1 N–H and O–H groups in total. The van der Waals surface area contributed by atoms with E-state index in [1.807, 2.05) is 62.4 Å². The topological polar surface area (TPSA) is 50.7 Å². The van der Waals surface area contributed by atoms with Crippen LogP contribution in [0.2, 0.25) is 0 Å². The van der Waals surface area contributed by atoms with Crippen molar-refractivity contribution >= 4 is 45.5 Å². The summed E-state index contributed by atoms with van der Waals surface area (Å²) in [6, 6.07) is 19.3. The molecular formula is C21H19IN2O2. The second-order valence-electron chi connectivity index (χ2n) is 6.07. The summed E-state index contributed by atoms with van der Waals surface area (Å²) in [4.78, 5) is 12.2. The largest absolute Gasteiger partial charge is 0.490 e. The Bertz CT molecular complexity index is 950. The van der Waals surface area contributed by atoms with Gasteiger partial charge in [0.15, 0.2) is 0 Å². The van der Waals surface area contributed by atoms with Crippen molar-refractivity contribution in [2.24, 2.45) is 5.10 Å². The van der Waals surface area contributed by atoms with Crippen LogP contribution in [0.25, 0.3) is 10.8 Å². The van der Waals surface area contributed by atoms with Crippen LogP contribution in [0.1, 0.15) is 29.8 Å². The number of hydrogen-bond donors (Lipinski definition) is 1. The van der Waals surface area contributed by atoms with Crippen molar-refractivity contribution in [2.45, 2.75) is 20.0 Å². The number of halogens is 1. The molecule has 4 nitrogen and oxygen atoms in total. The molecule has 0 atom stereocenters. The minimum Gasteiger partial charge on any atom is -0.490 e. The summed E-state index contributed by atoms with van der Waals surface area (Å²) >= 11 is 2.20. The lowest BCUT2D eigenvalue weighted by Gasteiger charge is -2.14. The molecule has 0 bridgehead atoms.